The molecule has 0 atom stereocenters. The number of hydrogen-bond donors (Lipinski definition) is 0. The van der Waals surface area contributed by atoms with Gasteiger partial charge in [-0.3, -0.25) is 0 Å². The number of hydrogen-bond acceptors (Lipinski definition) is 0. The van der Waals surface area contributed by atoms with Gasteiger partial charge in [-0.15, -0.1) is 0 Å². The fourth-order valence-corrected chi connectivity index (χ4v) is 2.24. The Labute approximate surface area is 88.5 Å². The van der Waals surface area contributed by atoms with Crippen molar-refractivity contribution in [2.24, 2.45) is 0 Å². The van der Waals surface area contributed by atoms with Crippen LogP contribution in [0.5, 0.6) is 0 Å². The maximum absolute atomic E-state index is 3.58. The number of halogens is 1. The third-order valence-corrected chi connectivity index (χ3v) is 3.27. The van der Waals surface area contributed by atoms with Gasteiger partial charge in [0.2, 0.25) is 0 Å². The first-order valence-corrected chi connectivity index (χ1v) is 5.58. The Kier molecular flexibility index (Phi) is 2.46. The van der Waals surface area contributed by atoms with E-state index in [1.807, 2.05) is 0 Å². The second kappa shape index (κ2) is 3.45. The van der Waals surface area contributed by atoms with Gasteiger partial charge in [0.25, 0.3) is 0 Å². The number of rotatable bonds is 2. The maximum atomic E-state index is 3.58. The molecule has 13 heavy (non-hydrogen) atoms. The third kappa shape index (κ3) is 1.96. The summed E-state index contributed by atoms with van der Waals surface area (Å²) in [6.45, 7) is 4.33. The first kappa shape index (κ1) is 9.26. The molecule has 0 heterocycles. The van der Waals surface area contributed by atoms with Crippen LogP contribution in [0.1, 0.15) is 43.7 Å². The molecule has 0 saturated heterocycles. The lowest BCUT2D eigenvalue weighted by molar-refractivity contribution is 1.08. The molecule has 0 aromatic heterocycles. The van der Waals surface area contributed by atoms with E-state index in [-0.39, 0.29) is 0 Å². The van der Waals surface area contributed by atoms with E-state index in [9.17, 15) is 0 Å². The molecule has 0 amide bonds. The molecule has 1 radical (unpaired) electrons. The van der Waals surface area contributed by atoms with E-state index in [0.717, 1.165) is 5.92 Å². The fraction of sp³-hybridized carbons (Fsp3) is 0.417. The summed E-state index contributed by atoms with van der Waals surface area (Å²) in [6.07, 6.45) is 2.76. The van der Waals surface area contributed by atoms with Crippen molar-refractivity contribution in [3.8, 4) is 0 Å². The van der Waals surface area contributed by atoms with Crippen molar-refractivity contribution in [3.05, 3.63) is 39.7 Å². The Balaban J connectivity index is 2.36. The summed E-state index contributed by atoms with van der Waals surface area (Å²) in [5.74, 6) is 2.24. The molecule has 1 saturated carbocycles. The zero-order valence-electron chi connectivity index (χ0n) is 8.10. The summed E-state index contributed by atoms with van der Waals surface area (Å²) in [4.78, 5) is 0. The number of benzene rings is 1. The summed E-state index contributed by atoms with van der Waals surface area (Å²) < 4.78 is 1.22. The molecule has 69 valence electrons. The summed E-state index contributed by atoms with van der Waals surface area (Å²) in [7, 11) is 0. The van der Waals surface area contributed by atoms with Crippen molar-refractivity contribution < 1.29 is 0 Å². The average molecular weight is 238 g/mol. The third-order valence-electron chi connectivity index (χ3n) is 2.58. The van der Waals surface area contributed by atoms with Crippen LogP contribution in [0.3, 0.4) is 0 Å². The molecule has 1 aliphatic carbocycles. The van der Waals surface area contributed by atoms with E-state index >= 15 is 0 Å². The Bertz CT molecular complexity index is 311. The minimum atomic E-state index is 0.853. The molecule has 2 rings (SSSR count). The molecule has 0 N–H and O–H groups in total. The fourth-order valence-electron chi connectivity index (χ4n) is 1.60. The van der Waals surface area contributed by atoms with Crippen LogP contribution in [-0.4, -0.2) is 0 Å². The van der Waals surface area contributed by atoms with Gasteiger partial charge in [0.1, 0.15) is 0 Å². The van der Waals surface area contributed by atoms with E-state index in [4.69, 9.17) is 0 Å². The molecule has 0 spiro atoms. The molecule has 1 fully saturated rings. The quantitative estimate of drug-likeness (QED) is 0.721. The molecular weight excluding hydrogens is 224 g/mol. The summed E-state index contributed by atoms with van der Waals surface area (Å²) in [5, 5.41) is 0. The van der Waals surface area contributed by atoms with Crippen LogP contribution in [0.15, 0.2) is 22.7 Å². The molecule has 0 unspecified atom stereocenters. The van der Waals surface area contributed by atoms with Gasteiger partial charge in [-0.25, -0.2) is 0 Å². The van der Waals surface area contributed by atoms with Gasteiger partial charge < -0.3 is 0 Å². The second-order valence-electron chi connectivity index (χ2n) is 4.01. The van der Waals surface area contributed by atoms with Gasteiger partial charge in [0.15, 0.2) is 0 Å². The van der Waals surface area contributed by atoms with Crippen LogP contribution in [-0.2, 0) is 0 Å². The second-order valence-corrected chi connectivity index (χ2v) is 4.87. The maximum Gasteiger partial charge on any atom is 0.0213 e. The van der Waals surface area contributed by atoms with E-state index in [0.29, 0.717) is 0 Å². The van der Waals surface area contributed by atoms with Crippen molar-refractivity contribution in [1.29, 1.82) is 0 Å². The van der Waals surface area contributed by atoms with Crippen LogP contribution >= 0.6 is 15.9 Å². The molecule has 1 aliphatic rings. The molecular formula is C12H14Br. The monoisotopic (exact) mass is 237 g/mol. The normalized spacial score (nSPS) is 16.6. The van der Waals surface area contributed by atoms with Gasteiger partial charge in [-0.1, -0.05) is 41.9 Å². The van der Waals surface area contributed by atoms with Crippen LogP contribution < -0.4 is 0 Å². The van der Waals surface area contributed by atoms with E-state index in [1.165, 1.54) is 34.4 Å². The topological polar surface area (TPSA) is 0 Å². The van der Waals surface area contributed by atoms with Crippen molar-refractivity contribution in [3.63, 3.8) is 0 Å². The van der Waals surface area contributed by atoms with Crippen molar-refractivity contribution in [2.75, 3.05) is 0 Å². The smallest absolute Gasteiger partial charge is 0.0213 e. The standard InChI is InChI=1S/C12H14Br/c1-8(2)11-7-10(9-3-4-9)5-6-12(11)13/h5-7,9H,3-4H2,1-2H3. The average Bonchev–Trinajstić information content (AvgIpc) is 2.87. The molecule has 0 nitrogen and oxygen atoms in total. The highest BCUT2D eigenvalue weighted by atomic mass is 79.9. The Morgan fingerprint density at radius 2 is 2.00 bits per heavy atom. The van der Waals surface area contributed by atoms with E-state index in [1.54, 1.807) is 0 Å². The highest BCUT2D eigenvalue weighted by Crippen LogP contribution is 2.41. The summed E-state index contributed by atoms with van der Waals surface area (Å²) in [6, 6.07) is 6.75. The van der Waals surface area contributed by atoms with Crippen molar-refractivity contribution in [1.82, 2.24) is 0 Å². The lowest BCUT2D eigenvalue weighted by Gasteiger charge is -2.09. The SMILES string of the molecule is C[C](C)c1cc(C2CC2)ccc1Br. The largest absolute Gasteiger partial charge is 0.0576 e. The van der Waals surface area contributed by atoms with Gasteiger partial charge >= 0.3 is 0 Å². The van der Waals surface area contributed by atoms with Crippen molar-refractivity contribution >= 4 is 15.9 Å². The Hall–Kier alpha value is -0.300. The van der Waals surface area contributed by atoms with Crippen LogP contribution in [0, 0.1) is 5.92 Å². The predicted octanol–water partition coefficient (Wildman–Crippen LogP) is 4.29. The first-order valence-electron chi connectivity index (χ1n) is 4.78. The van der Waals surface area contributed by atoms with E-state index < -0.39 is 0 Å². The molecule has 0 bridgehead atoms. The van der Waals surface area contributed by atoms with Crippen LogP contribution in [0.25, 0.3) is 0 Å². The lowest BCUT2D eigenvalue weighted by Crippen LogP contribution is -1.92. The first-order chi connectivity index (χ1) is 6.18. The van der Waals surface area contributed by atoms with E-state index in [2.05, 4.69) is 48.0 Å². The Morgan fingerprint density at radius 3 is 2.54 bits per heavy atom. The highest BCUT2D eigenvalue weighted by Gasteiger charge is 2.24. The van der Waals surface area contributed by atoms with Crippen molar-refractivity contribution in [2.45, 2.75) is 32.6 Å². The minimum Gasteiger partial charge on any atom is -0.0576 e. The minimum absolute atomic E-state index is 0.853. The van der Waals surface area contributed by atoms with Gasteiger partial charge in [0, 0.05) is 4.47 Å². The molecule has 1 heteroatoms. The summed E-state index contributed by atoms with van der Waals surface area (Å²) in [5.41, 5.74) is 2.88. The van der Waals surface area contributed by atoms with Gasteiger partial charge in [0.05, 0.1) is 0 Å². The molecule has 0 aliphatic heterocycles. The summed E-state index contributed by atoms with van der Waals surface area (Å²) >= 11 is 3.58. The molecule has 1 aromatic rings. The zero-order valence-corrected chi connectivity index (χ0v) is 9.69. The molecule has 1 aromatic carbocycles. The lowest BCUT2D eigenvalue weighted by atomic mass is 9.99. The predicted molar refractivity (Wildman–Crippen MR) is 59.8 cm³/mol. The van der Waals surface area contributed by atoms with Crippen LogP contribution in [0.4, 0.5) is 0 Å². The Morgan fingerprint density at radius 1 is 1.31 bits per heavy atom. The van der Waals surface area contributed by atoms with Crippen LogP contribution in [0.2, 0.25) is 0 Å². The van der Waals surface area contributed by atoms with Gasteiger partial charge in [-0.05, 0) is 41.9 Å². The van der Waals surface area contributed by atoms with Gasteiger partial charge in [-0.2, -0.15) is 0 Å². The highest BCUT2D eigenvalue weighted by molar-refractivity contribution is 9.10. The zero-order chi connectivity index (χ0) is 9.42.